The molecule has 0 unspecified atom stereocenters. The third-order valence-corrected chi connectivity index (χ3v) is 4.45. The predicted octanol–water partition coefficient (Wildman–Crippen LogP) is 4.45. The number of rotatable bonds is 6. The van der Waals surface area contributed by atoms with Crippen molar-refractivity contribution in [3.05, 3.63) is 57.0 Å². The Morgan fingerprint density at radius 3 is 2.75 bits per heavy atom. The van der Waals surface area contributed by atoms with E-state index in [0.717, 1.165) is 5.56 Å². The van der Waals surface area contributed by atoms with Crippen molar-refractivity contribution in [3.8, 4) is 5.75 Å². The van der Waals surface area contributed by atoms with Crippen LogP contribution in [0.15, 0.2) is 40.9 Å². The van der Waals surface area contributed by atoms with Crippen LogP contribution in [0.5, 0.6) is 5.75 Å². The van der Waals surface area contributed by atoms with E-state index in [1.807, 2.05) is 25.1 Å². The first-order valence-corrected chi connectivity index (χ1v) is 8.69. The zero-order chi connectivity index (χ0) is 17.7. The van der Waals surface area contributed by atoms with Gasteiger partial charge in [-0.3, -0.25) is 4.79 Å². The number of hydrogen-bond acceptors (Lipinski definition) is 3. The van der Waals surface area contributed by atoms with E-state index in [0.29, 0.717) is 39.5 Å². The van der Waals surface area contributed by atoms with Gasteiger partial charge in [0, 0.05) is 29.6 Å². The Bertz CT molecular complexity index is 736. The number of benzene rings is 2. The Labute approximate surface area is 155 Å². The average molecular weight is 413 g/mol. The fraction of sp³-hybridized carbons (Fsp3) is 0.278. The van der Waals surface area contributed by atoms with E-state index in [-0.39, 0.29) is 12.5 Å². The van der Waals surface area contributed by atoms with Gasteiger partial charge >= 0.3 is 0 Å². The summed E-state index contributed by atoms with van der Waals surface area (Å²) in [6.45, 7) is 2.38. The largest absolute Gasteiger partial charge is 0.491 e. The van der Waals surface area contributed by atoms with Crippen molar-refractivity contribution in [1.29, 1.82) is 0 Å². The van der Waals surface area contributed by atoms with E-state index in [9.17, 15) is 4.79 Å². The SMILES string of the molecule is Cc1cccc(OCCCO)c1N(C)C(=O)c1ccc(Cl)cc1Br. The molecule has 2 aromatic rings. The van der Waals surface area contributed by atoms with E-state index >= 15 is 0 Å². The Hall–Kier alpha value is -1.56. The molecule has 0 aliphatic carbocycles. The normalized spacial score (nSPS) is 10.5. The smallest absolute Gasteiger partial charge is 0.259 e. The van der Waals surface area contributed by atoms with Crippen LogP contribution in [-0.4, -0.2) is 31.3 Å². The number of para-hydroxylation sites is 1. The van der Waals surface area contributed by atoms with Gasteiger partial charge in [0.1, 0.15) is 5.75 Å². The van der Waals surface area contributed by atoms with Crippen LogP contribution >= 0.6 is 27.5 Å². The second-order valence-corrected chi connectivity index (χ2v) is 6.63. The molecule has 1 amide bonds. The van der Waals surface area contributed by atoms with Crippen molar-refractivity contribution >= 4 is 39.1 Å². The summed E-state index contributed by atoms with van der Waals surface area (Å²) in [6, 6.07) is 10.7. The molecule has 0 aliphatic rings. The highest BCUT2D eigenvalue weighted by Crippen LogP contribution is 2.33. The van der Waals surface area contributed by atoms with Crippen LogP contribution in [0.3, 0.4) is 0 Å². The molecule has 0 heterocycles. The molecule has 1 N–H and O–H groups in total. The van der Waals surface area contributed by atoms with Crippen molar-refractivity contribution in [2.24, 2.45) is 0 Å². The summed E-state index contributed by atoms with van der Waals surface area (Å²) in [4.78, 5) is 14.4. The minimum atomic E-state index is -0.167. The molecule has 0 radical (unpaired) electrons. The molecule has 0 aliphatic heterocycles. The maximum Gasteiger partial charge on any atom is 0.259 e. The number of aliphatic hydroxyl groups excluding tert-OH is 1. The number of aryl methyl sites for hydroxylation is 1. The van der Waals surface area contributed by atoms with Crippen molar-refractivity contribution < 1.29 is 14.6 Å². The van der Waals surface area contributed by atoms with E-state index in [2.05, 4.69) is 15.9 Å². The molecule has 24 heavy (non-hydrogen) atoms. The lowest BCUT2D eigenvalue weighted by Crippen LogP contribution is -2.28. The van der Waals surface area contributed by atoms with Gasteiger partial charge in [-0.15, -0.1) is 0 Å². The van der Waals surface area contributed by atoms with Crippen LogP contribution < -0.4 is 9.64 Å². The molecule has 0 saturated heterocycles. The monoisotopic (exact) mass is 411 g/mol. The number of aliphatic hydroxyl groups is 1. The maximum atomic E-state index is 12.9. The van der Waals surface area contributed by atoms with Crippen LogP contribution in [0.25, 0.3) is 0 Å². The molecule has 0 bridgehead atoms. The summed E-state index contributed by atoms with van der Waals surface area (Å²) in [5.41, 5.74) is 2.16. The fourth-order valence-electron chi connectivity index (χ4n) is 2.37. The molecule has 0 saturated carbocycles. The molecule has 2 rings (SSSR count). The second-order valence-electron chi connectivity index (χ2n) is 5.34. The number of carbonyl (C=O) groups excluding carboxylic acids is 1. The number of ether oxygens (including phenoxy) is 1. The predicted molar refractivity (Wildman–Crippen MR) is 100 cm³/mol. The van der Waals surface area contributed by atoms with Crippen LogP contribution in [0.4, 0.5) is 5.69 Å². The quantitative estimate of drug-likeness (QED) is 0.713. The Kier molecular flexibility index (Phi) is 6.66. The van der Waals surface area contributed by atoms with E-state index in [1.54, 1.807) is 30.1 Å². The number of halogens is 2. The zero-order valence-electron chi connectivity index (χ0n) is 13.6. The molecular weight excluding hydrogens is 394 g/mol. The molecule has 0 aromatic heterocycles. The summed E-state index contributed by atoms with van der Waals surface area (Å²) >= 11 is 9.33. The third kappa shape index (κ3) is 4.29. The van der Waals surface area contributed by atoms with Gasteiger partial charge in [-0.1, -0.05) is 23.7 Å². The van der Waals surface area contributed by atoms with Crippen molar-refractivity contribution in [2.75, 3.05) is 25.2 Å². The van der Waals surface area contributed by atoms with Gasteiger partial charge in [-0.25, -0.2) is 0 Å². The number of carbonyl (C=O) groups is 1. The molecule has 6 heteroatoms. The molecule has 0 spiro atoms. The highest BCUT2D eigenvalue weighted by atomic mass is 79.9. The van der Waals surface area contributed by atoms with E-state index < -0.39 is 0 Å². The van der Waals surface area contributed by atoms with Gasteiger partial charge in [-0.2, -0.15) is 0 Å². The lowest BCUT2D eigenvalue weighted by Gasteiger charge is -2.23. The maximum absolute atomic E-state index is 12.9. The van der Waals surface area contributed by atoms with Crippen LogP contribution in [0.1, 0.15) is 22.3 Å². The molecule has 0 atom stereocenters. The highest BCUT2D eigenvalue weighted by molar-refractivity contribution is 9.10. The minimum Gasteiger partial charge on any atom is -0.491 e. The lowest BCUT2D eigenvalue weighted by molar-refractivity contribution is 0.0991. The van der Waals surface area contributed by atoms with Gasteiger partial charge in [0.25, 0.3) is 5.91 Å². The summed E-state index contributed by atoms with van der Waals surface area (Å²) < 4.78 is 6.37. The minimum absolute atomic E-state index is 0.0631. The van der Waals surface area contributed by atoms with Crippen molar-refractivity contribution in [2.45, 2.75) is 13.3 Å². The molecular formula is C18H19BrClNO3. The summed E-state index contributed by atoms with van der Waals surface area (Å²) in [5, 5.41) is 9.47. The van der Waals surface area contributed by atoms with Gasteiger partial charge in [-0.05, 0) is 52.7 Å². The topological polar surface area (TPSA) is 49.8 Å². The molecule has 4 nitrogen and oxygen atoms in total. The van der Waals surface area contributed by atoms with Gasteiger partial charge in [0.05, 0.1) is 17.9 Å². The van der Waals surface area contributed by atoms with Crippen LogP contribution in [0.2, 0.25) is 5.02 Å². The Morgan fingerprint density at radius 1 is 1.33 bits per heavy atom. The van der Waals surface area contributed by atoms with Crippen molar-refractivity contribution in [3.63, 3.8) is 0 Å². The standard InChI is InChI=1S/C18H19BrClNO3/c1-12-5-3-6-16(24-10-4-9-22)17(12)21(2)18(23)14-8-7-13(20)11-15(14)19/h3,5-8,11,22H,4,9-10H2,1-2H3. The molecule has 128 valence electrons. The van der Waals surface area contributed by atoms with Crippen molar-refractivity contribution in [1.82, 2.24) is 0 Å². The van der Waals surface area contributed by atoms with Gasteiger partial charge < -0.3 is 14.7 Å². The first-order chi connectivity index (χ1) is 11.5. The number of nitrogens with zero attached hydrogens (tertiary/aromatic N) is 1. The molecule has 2 aromatic carbocycles. The van der Waals surface area contributed by atoms with E-state index in [4.69, 9.17) is 21.4 Å². The number of anilines is 1. The summed E-state index contributed by atoms with van der Waals surface area (Å²) in [6.07, 6.45) is 0.535. The number of hydrogen-bond donors (Lipinski definition) is 1. The average Bonchev–Trinajstić information content (AvgIpc) is 2.54. The first-order valence-electron chi connectivity index (χ1n) is 7.52. The van der Waals surface area contributed by atoms with Gasteiger partial charge in [0.2, 0.25) is 0 Å². The fourth-order valence-corrected chi connectivity index (χ4v) is 3.22. The van der Waals surface area contributed by atoms with Gasteiger partial charge in [0.15, 0.2) is 0 Å². The molecule has 0 fully saturated rings. The lowest BCUT2D eigenvalue weighted by atomic mass is 10.1. The Balaban J connectivity index is 2.34. The number of amides is 1. The summed E-state index contributed by atoms with van der Waals surface area (Å²) in [5.74, 6) is 0.448. The van der Waals surface area contributed by atoms with E-state index in [1.165, 1.54) is 0 Å². The van der Waals surface area contributed by atoms with Crippen LogP contribution in [0, 0.1) is 6.92 Å². The van der Waals surface area contributed by atoms with Crippen LogP contribution in [-0.2, 0) is 0 Å². The Morgan fingerprint density at radius 2 is 2.08 bits per heavy atom. The first kappa shape index (κ1) is 18.8. The second kappa shape index (κ2) is 8.51. The summed E-state index contributed by atoms with van der Waals surface area (Å²) in [7, 11) is 1.71. The third-order valence-electron chi connectivity index (χ3n) is 3.56. The highest BCUT2D eigenvalue weighted by Gasteiger charge is 2.21. The zero-order valence-corrected chi connectivity index (χ0v) is 15.9.